The Balaban J connectivity index is 0.00000442. The molecule has 2 saturated heterocycles. The first kappa shape index (κ1) is 33.0. The van der Waals surface area contributed by atoms with Crippen LogP contribution in [0.1, 0.15) is 35.2 Å². The molecule has 3 heterocycles. The fourth-order valence-corrected chi connectivity index (χ4v) is 5.42. The number of hydrogen-bond acceptors (Lipinski definition) is 13. The molecule has 0 unspecified atom stereocenters. The summed E-state index contributed by atoms with van der Waals surface area (Å²) in [5, 5.41) is 5.96. The van der Waals surface area contributed by atoms with Crippen LogP contribution < -0.4 is 49.1 Å². The molecular weight excluding hydrogens is 584 g/mol. The van der Waals surface area contributed by atoms with Gasteiger partial charge in [-0.25, -0.2) is 0 Å². The molecule has 0 spiro atoms. The molecular formula is C29H41ClN12O2. The highest BCUT2D eigenvalue weighted by molar-refractivity contribution is 6.11. The molecule has 12 N–H and O–H groups in total. The van der Waals surface area contributed by atoms with Crippen molar-refractivity contribution in [3.8, 4) is 0 Å². The topological polar surface area (TPSA) is 233 Å². The number of nitrogens with zero attached hydrogens (tertiary/aromatic N) is 5. The van der Waals surface area contributed by atoms with Gasteiger partial charge < -0.3 is 49.1 Å². The van der Waals surface area contributed by atoms with Crippen molar-refractivity contribution in [3.05, 3.63) is 59.7 Å². The minimum Gasteiger partial charge on any atom is -0.338 e. The van der Waals surface area contributed by atoms with Gasteiger partial charge in [0.25, 0.3) is 0 Å². The van der Waals surface area contributed by atoms with Gasteiger partial charge in [-0.15, -0.1) is 12.4 Å². The largest absolute Gasteiger partial charge is 0.338 e. The minimum atomic E-state index is -0.396. The van der Waals surface area contributed by atoms with Gasteiger partial charge in [-0.2, -0.15) is 15.0 Å². The van der Waals surface area contributed by atoms with E-state index in [2.05, 4.69) is 20.6 Å². The first-order valence-electron chi connectivity index (χ1n) is 14.4. The zero-order valence-corrected chi connectivity index (χ0v) is 25.2. The number of anilines is 5. The second-order valence-electron chi connectivity index (χ2n) is 11.3. The van der Waals surface area contributed by atoms with Gasteiger partial charge >= 0.3 is 0 Å². The highest BCUT2D eigenvalue weighted by atomic mass is 35.5. The lowest BCUT2D eigenvalue weighted by Gasteiger charge is -2.37. The summed E-state index contributed by atoms with van der Waals surface area (Å²) in [6, 6.07) is 13.6. The van der Waals surface area contributed by atoms with Crippen molar-refractivity contribution in [2.45, 2.75) is 50.0 Å². The zero-order chi connectivity index (χ0) is 30.5. The molecule has 0 radical (unpaired) electrons. The first-order valence-corrected chi connectivity index (χ1v) is 14.4. The van der Waals surface area contributed by atoms with Gasteiger partial charge in [0.1, 0.15) is 0 Å². The Morgan fingerprint density at radius 3 is 1.68 bits per heavy atom. The Morgan fingerprint density at radius 1 is 0.727 bits per heavy atom. The van der Waals surface area contributed by atoms with Crippen molar-refractivity contribution in [2.75, 3.05) is 46.6 Å². The number of nitrogens with two attached hydrogens (primary N) is 5. The number of ketones is 1. The molecule has 0 bridgehead atoms. The number of carbonyl (C=O) groups is 2. The Kier molecular flexibility index (Phi) is 11.0. The Labute approximate surface area is 262 Å². The summed E-state index contributed by atoms with van der Waals surface area (Å²) in [6.45, 7) is 2.69. The molecule has 236 valence electrons. The molecule has 2 fully saturated rings. The van der Waals surface area contributed by atoms with E-state index in [1.54, 1.807) is 36.4 Å². The third kappa shape index (κ3) is 8.59. The quantitative estimate of drug-likeness (QED) is 0.127. The molecule has 3 aromatic rings. The lowest BCUT2D eigenvalue weighted by atomic mass is 10.0. The lowest BCUT2D eigenvalue weighted by Crippen LogP contribution is -2.54. The Morgan fingerprint density at radius 2 is 1.20 bits per heavy atom. The second kappa shape index (κ2) is 14.7. The number of carbonyl (C=O) groups excluding carboxylic acids is 2. The van der Waals surface area contributed by atoms with Crippen LogP contribution in [-0.4, -0.2) is 77.0 Å². The van der Waals surface area contributed by atoms with E-state index in [1.807, 2.05) is 21.9 Å². The number of halogens is 1. The number of nitrogens with one attached hydrogen (secondary N) is 2. The second-order valence-corrected chi connectivity index (χ2v) is 11.3. The van der Waals surface area contributed by atoms with E-state index in [-0.39, 0.29) is 48.8 Å². The molecule has 1 aromatic heterocycles. The van der Waals surface area contributed by atoms with E-state index in [9.17, 15) is 9.59 Å². The number of amides is 1. The summed E-state index contributed by atoms with van der Waals surface area (Å²) in [5.41, 5.74) is 33.2. The molecule has 0 aliphatic carbocycles. The normalized spacial score (nSPS) is 21.8. The van der Waals surface area contributed by atoms with Crippen molar-refractivity contribution in [1.29, 1.82) is 0 Å². The fourth-order valence-electron chi connectivity index (χ4n) is 5.42. The molecule has 15 heteroatoms. The van der Waals surface area contributed by atoms with Crippen LogP contribution in [0.5, 0.6) is 0 Å². The van der Waals surface area contributed by atoms with Gasteiger partial charge in [0.15, 0.2) is 5.78 Å². The number of benzene rings is 2. The van der Waals surface area contributed by atoms with Crippen LogP contribution in [0.4, 0.5) is 29.2 Å². The van der Waals surface area contributed by atoms with Crippen molar-refractivity contribution in [3.63, 3.8) is 0 Å². The molecule has 0 saturated carbocycles. The van der Waals surface area contributed by atoms with Gasteiger partial charge in [0, 0.05) is 73.8 Å². The van der Waals surface area contributed by atoms with Crippen LogP contribution in [0.25, 0.3) is 0 Å². The van der Waals surface area contributed by atoms with E-state index in [0.29, 0.717) is 67.5 Å². The van der Waals surface area contributed by atoms with E-state index >= 15 is 0 Å². The summed E-state index contributed by atoms with van der Waals surface area (Å²) in [6.07, 6.45) is 1.17. The number of piperidine rings is 2. The van der Waals surface area contributed by atoms with E-state index < -0.39 is 5.91 Å². The molecule has 1 amide bonds. The zero-order valence-electron chi connectivity index (χ0n) is 24.4. The van der Waals surface area contributed by atoms with Crippen molar-refractivity contribution < 1.29 is 9.59 Å². The lowest BCUT2D eigenvalue weighted by molar-refractivity contribution is -0.115. The summed E-state index contributed by atoms with van der Waals surface area (Å²) >= 11 is 0. The summed E-state index contributed by atoms with van der Waals surface area (Å²) < 4.78 is 0. The van der Waals surface area contributed by atoms with Crippen LogP contribution in [0, 0.1) is 0 Å². The van der Waals surface area contributed by atoms with Crippen LogP contribution in [0.2, 0.25) is 0 Å². The highest BCUT2D eigenvalue weighted by Gasteiger charge is 2.29. The van der Waals surface area contributed by atoms with E-state index in [0.717, 1.165) is 18.4 Å². The van der Waals surface area contributed by atoms with E-state index in [4.69, 9.17) is 33.7 Å². The number of rotatable bonds is 9. The van der Waals surface area contributed by atoms with Crippen LogP contribution in [0.3, 0.4) is 0 Å². The standard InChI is InChI=1S/C29H40N12O2.ClH/c30-12-17-1-5-23(6-2-17)35-26(43)11-25(42)18-3-7-24(8-4-18)36-27-37-28(40-13-19(31)9-20(32)14-40)39-29(38-27)41-15-21(33)10-22(34)16-41;/h1-8,19-22H,9-16,30-34H2,(H,35,43)(H,36,37,38,39);1H/t19-,20+,21-,22+;. The van der Waals surface area contributed by atoms with Gasteiger partial charge in [-0.05, 0) is 54.8 Å². The summed E-state index contributed by atoms with van der Waals surface area (Å²) in [4.78, 5) is 43.2. The molecule has 2 aliphatic heterocycles. The molecule has 5 rings (SSSR count). The SMILES string of the molecule is Cl.NCc1ccc(NC(=O)CC(=O)c2ccc(Nc3nc(N4C[C@H](N)C[C@H](N)C4)nc(N4C[C@H](N)C[C@H](N)C4)n3)cc2)cc1. The Hall–Kier alpha value is -3.92. The fraction of sp³-hybridized carbons (Fsp3) is 0.414. The van der Waals surface area contributed by atoms with E-state index in [1.165, 1.54) is 0 Å². The Bertz CT molecular complexity index is 1360. The molecule has 4 atom stereocenters. The van der Waals surface area contributed by atoms with Crippen LogP contribution in [0.15, 0.2) is 48.5 Å². The molecule has 14 nitrogen and oxygen atoms in total. The minimum absolute atomic E-state index is 0. The van der Waals surface area contributed by atoms with Crippen molar-refractivity contribution in [1.82, 2.24) is 15.0 Å². The summed E-state index contributed by atoms with van der Waals surface area (Å²) in [7, 11) is 0. The van der Waals surface area contributed by atoms with Crippen molar-refractivity contribution >= 4 is 53.3 Å². The maximum atomic E-state index is 12.8. The highest BCUT2D eigenvalue weighted by Crippen LogP contribution is 2.24. The third-order valence-electron chi connectivity index (χ3n) is 7.47. The van der Waals surface area contributed by atoms with Crippen LogP contribution >= 0.6 is 12.4 Å². The monoisotopic (exact) mass is 624 g/mol. The maximum absolute atomic E-state index is 12.8. The molecule has 2 aliphatic rings. The first-order chi connectivity index (χ1) is 20.6. The average molecular weight is 625 g/mol. The predicted molar refractivity (Wildman–Crippen MR) is 174 cm³/mol. The average Bonchev–Trinajstić information content (AvgIpc) is 2.96. The number of aromatic nitrogens is 3. The van der Waals surface area contributed by atoms with Gasteiger partial charge in [-0.3, -0.25) is 9.59 Å². The predicted octanol–water partition coefficient (Wildman–Crippen LogP) is 0.437. The third-order valence-corrected chi connectivity index (χ3v) is 7.47. The van der Waals surface area contributed by atoms with Gasteiger partial charge in [0.05, 0.1) is 6.42 Å². The summed E-state index contributed by atoms with van der Waals surface area (Å²) in [5.74, 6) is 0.539. The van der Waals surface area contributed by atoms with Gasteiger partial charge in [0.2, 0.25) is 23.8 Å². The van der Waals surface area contributed by atoms with Crippen LogP contribution in [-0.2, 0) is 11.3 Å². The molecule has 2 aromatic carbocycles. The van der Waals surface area contributed by atoms with Gasteiger partial charge in [-0.1, -0.05) is 12.1 Å². The number of Topliss-reactive ketones (excluding diaryl/α,β-unsaturated/α-hetero) is 1. The van der Waals surface area contributed by atoms with Crippen molar-refractivity contribution in [2.24, 2.45) is 28.7 Å². The smallest absolute Gasteiger partial charge is 0.233 e. The number of hydrogen-bond donors (Lipinski definition) is 7. The molecule has 44 heavy (non-hydrogen) atoms. The maximum Gasteiger partial charge on any atom is 0.233 e.